The third kappa shape index (κ3) is 2.68. The predicted octanol–water partition coefficient (Wildman–Crippen LogP) is 3.08. The second-order valence-electron chi connectivity index (χ2n) is 3.52. The molecule has 2 rings (SSSR count). The summed E-state index contributed by atoms with van der Waals surface area (Å²) in [5.41, 5.74) is 7.57. The van der Waals surface area contributed by atoms with Gasteiger partial charge >= 0.3 is 0 Å². The number of aryl methyl sites for hydroxylation is 2. The number of nitrogens with one attached hydrogen (secondary N) is 1. The number of nitrogen functional groups attached to an aromatic ring is 1. The number of halogens is 2. The molecule has 0 fully saturated rings. The van der Waals surface area contributed by atoms with Crippen molar-refractivity contribution in [3.05, 3.63) is 45.7 Å². The summed E-state index contributed by atoms with van der Waals surface area (Å²) in [6.07, 6.45) is 1.66. The zero-order chi connectivity index (χ0) is 11.5. The molecule has 0 saturated carbocycles. The summed E-state index contributed by atoms with van der Waals surface area (Å²) in [6, 6.07) is 7.74. The molecule has 5 heteroatoms. The number of benzene rings is 1. The summed E-state index contributed by atoms with van der Waals surface area (Å²) in [7, 11) is 0. The Morgan fingerprint density at radius 1 is 1.12 bits per heavy atom. The van der Waals surface area contributed by atoms with Gasteiger partial charge in [-0.25, -0.2) is 4.98 Å². The molecule has 1 aromatic heterocycles. The molecule has 0 aliphatic heterocycles. The first-order valence-electron chi connectivity index (χ1n) is 4.89. The van der Waals surface area contributed by atoms with E-state index in [9.17, 15) is 0 Å². The number of hydrogen-bond acceptors (Lipinski definition) is 2. The van der Waals surface area contributed by atoms with Crippen molar-refractivity contribution in [1.29, 1.82) is 0 Å². The molecule has 0 atom stereocenters. The van der Waals surface area contributed by atoms with E-state index in [4.69, 9.17) is 28.9 Å². The summed E-state index contributed by atoms with van der Waals surface area (Å²) in [6.45, 7) is 0. The van der Waals surface area contributed by atoms with Crippen molar-refractivity contribution in [2.24, 2.45) is 0 Å². The second-order valence-corrected chi connectivity index (χ2v) is 4.31. The van der Waals surface area contributed by atoms with Crippen molar-refractivity contribution in [3.8, 4) is 0 Å². The first-order chi connectivity index (χ1) is 7.65. The number of imidazole rings is 1. The van der Waals surface area contributed by atoms with Crippen LogP contribution in [0.1, 0.15) is 11.3 Å². The fourth-order valence-corrected chi connectivity index (χ4v) is 1.85. The number of nitrogens with zero attached hydrogens (tertiary/aromatic N) is 1. The van der Waals surface area contributed by atoms with Crippen molar-refractivity contribution in [1.82, 2.24) is 9.97 Å². The van der Waals surface area contributed by atoms with Crippen molar-refractivity contribution in [3.63, 3.8) is 0 Å². The SMILES string of the molecule is Nc1nc(Cl)c(CCc2ccc(Cl)cc2)[nH]1. The van der Waals surface area contributed by atoms with Crippen LogP contribution in [0.3, 0.4) is 0 Å². The lowest BCUT2D eigenvalue weighted by molar-refractivity contribution is 0.927. The Morgan fingerprint density at radius 2 is 1.81 bits per heavy atom. The highest BCUT2D eigenvalue weighted by atomic mass is 35.5. The largest absolute Gasteiger partial charge is 0.369 e. The average molecular weight is 256 g/mol. The minimum absolute atomic E-state index is 0.358. The first-order valence-corrected chi connectivity index (χ1v) is 5.65. The summed E-state index contributed by atoms with van der Waals surface area (Å²) >= 11 is 11.7. The van der Waals surface area contributed by atoms with Crippen LogP contribution in [0.25, 0.3) is 0 Å². The van der Waals surface area contributed by atoms with Crippen LogP contribution in [0, 0.1) is 0 Å². The predicted molar refractivity (Wildman–Crippen MR) is 66.9 cm³/mol. The molecule has 0 bridgehead atoms. The molecule has 0 amide bonds. The molecule has 0 radical (unpaired) electrons. The van der Waals surface area contributed by atoms with E-state index in [0.717, 1.165) is 23.6 Å². The van der Waals surface area contributed by atoms with E-state index in [1.807, 2.05) is 24.3 Å². The van der Waals surface area contributed by atoms with Crippen LogP contribution < -0.4 is 5.73 Å². The van der Waals surface area contributed by atoms with Gasteiger partial charge in [0.2, 0.25) is 0 Å². The molecule has 0 aliphatic carbocycles. The van der Waals surface area contributed by atoms with Crippen molar-refractivity contribution in [2.75, 3.05) is 5.73 Å². The molecule has 3 N–H and O–H groups in total. The summed E-state index contributed by atoms with van der Waals surface area (Å²) in [4.78, 5) is 6.84. The maximum atomic E-state index is 5.89. The van der Waals surface area contributed by atoms with Crippen LogP contribution in [-0.2, 0) is 12.8 Å². The van der Waals surface area contributed by atoms with E-state index in [1.54, 1.807) is 0 Å². The van der Waals surface area contributed by atoms with Gasteiger partial charge in [0.25, 0.3) is 0 Å². The van der Waals surface area contributed by atoms with E-state index < -0.39 is 0 Å². The Labute approximate surface area is 104 Å². The standard InChI is InChI=1S/C11H11Cl2N3/c12-8-4-1-7(2-5-8)3-6-9-10(13)16-11(14)15-9/h1-2,4-5H,3,6H2,(H3,14,15,16). The third-order valence-corrected chi connectivity index (χ3v) is 2.89. The van der Waals surface area contributed by atoms with Gasteiger partial charge in [0.15, 0.2) is 11.1 Å². The lowest BCUT2D eigenvalue weighted by Crippen LogP contribution is -1.93. The Bertz CT molecular complexity index is 476. The third-order valence-electron chi connectivity index (χ3n) is 2.32. The minimum Gasteiger partial charge on any atom is -0.369 e. The van der Waals surface area contributed by atoms with Gasteiger partial charge in [-0.05, 0) is 30.5 Å². The van der Waals surface area contributed by atoms with Crippen molar-refractivity contribution < 1.29 is 0 Å². The van der Waals surface area contributed by atoms with Gasteiger partial charge in [-0.3, -0.25) is 0 Å². The van der Waals surface area contributed by atoms with E-state index in [0.29, 0.717) is 11.1 Å². The quantitative estimate of drug-likeness (QED) is 0.886. The number of anilines is 1. The molecule has 84 valence electrons. The smallest absolute Gasteiger partial charge is 0.199 e. The van der Waals surface area contributed by atoms with Gasteiger partial charge in [-0.2, -0.15) is 0 Å². The van der Waals surface area contributed by atoms with E-state index in [1.165, 1.54) is 5.56 Å². The zero-order valence-electron chi connectivity index (χ0n) is 8.50. The molecule has 16 heavy (non-hydrogen) atoms. The van der Waals surface area contributed by atoms with E-state index >= 15 is 0 Å². The highest BCUT2D eigenvalue weighted by molar-refractivity contribution is 6.30. The minimum atomic E-state index is 0.358. The van der Waals surface area contributed by atoms with E-state index in [-0.39, 0.29) is 0 Å². The molecule has 0 unspecified atom stereocenters. The van der Waals surface area contributed by atoms with Gasteiger partial charge in [-0.15, -0.1) is 0 Å². The number of H-pyrrole nitrogens is 1. The lowest BCUT2D eigenvalue weighted by atomic mass is 10.1. The maximum Gasteiger partial charge on any atom is 0.199 e. The van der Waals surface area contributed by atoms with Crippen LogP contribution in [0.5, 0.6) is 0 Å². The van der Waals surface area contributed by atoms with Gasteiger partial charge in [0.05, 0.1) is 5.69 Å². The highest BCUT2D eigenvalue weighted by Crippen LogP contribution is 2.17. The summed E-state index contributed by atoms with van der Waals surface area (Å²) in [5, 5.41) is 1.19. The molecular weight excluding hydrogens is 245 g/mol. The lowest BCUT2D eigenvalue weighted by Gasteiger charge is -2.00. The highest BCUT2D eigenvalue weighted by Gasteiger charge is 2.05. The monoisotopic (exact) mass is 255 g/mol. The summed E-state index contributed by atoms with van der Waals surface area (Å²) < 4.78 is 0. The number of aromatic nitrogens is 2. The second kappa shape index (κ2) is 4.76. The number of nitrogens with two attached hydrogens (primary N) is 1. The number of aromatic amines is 1. The molecular formula is C11H11Cl2N3. The molecule has 2 aromatic rings. The van der Waals surface area contributed by atoms with Gasteiger partial charge in [0, 0.05) is 5.02 Å². The van der Waals surface area contributed by atoms with Crippen LogP contribution in [0.4, 0.5) is 5.95 Å². The summed E-state index contributed by atoms with van der Waals surface area (Å²) in [5.74, 6) is 0.358. The molecule has 0 saturated heterocycles. The van der Waals surface area contributed by atoms with Gasteiger partial charge in [0.1, 0.15) is 0 Å². The fraction of sp³-hybridized carbons (Fsp3) is 0.182. The zero-order valence-corrected chi connectivity index (χ0v) is 10.0. The maximum absolute atomic E-state index is 5.89. The number of hydrogen-bond donors (Lipinski definition) is 2. The molecule has 1 aromatic carbocycles. The average Bonchev–Trinajstić information content (AvgIpc) is 2.57. The molecule has 3 nitrogen and oxygen atoms in total. The molecule has 0 spiro atoms. The number of rotatable bonds is 3. The van der Waals surface area contributed by atoms with E-state index in [2.05, 4.69) is 9.97 Å². The molecule has 0 aliphatic rings. The Kier molecular flexibility index (Phi) is 3.36. The Hall–Kier alpha value is -1.19. The van der Waals surface area contributed by atoms with Gasteiger partial charge in [-0.1, -0.05) is 35.3 Å². The van der Waals surface area contributed by atoms with Crippen molar-refractivity contribution >= 4 is 29.2 Å². The Balaban J connectivity index is 2.02. The van der Waals surface area contributed by atoms with Crippen LogP contribution in [-0.4, -0.2) is 9.97 Å². The van der Waals surface area contributed by atoms with Crippen LogP contribution in [0.15, 0.2) is 24.3 Å². The van der Waals surface area contributed by atoms with Crippen molar-refractivity contribution in [2.45, 2.75) is 12.8 Å². The van der Waals surface area contributed by atoms with Gasteiger partial charge < -0.3 is 10.7 Å². The normalized spacial score (nSPS) is 10.6. The van der Waals surface area contributed by atoms with Crippen LogP contribution in [0.2, 0.25) is 10.2 Å². The topological polar surface area (TPSA) is 54.7 Å². The first kappa shape index (κ1) is 11.3. The van der Waals surface area contributed by atoms with Crippen LogP contribution >= 0.6 is 23.2 Å². The molecule has 1 heterocycles. The fourth-order valence-electron chi connectivity index (χ4n) is 1.49. The Morgan fingerprint density at radius 3 is 2.38 bits per heavy atom.